The van der Waals surface area contributed by atoms with Gasteiger partial charge >= 0.3 is 0 Å². The first kappa shape index (κ1) is 15.0. The van der Waals surface area contributed by atoms with Crippen LogP contribution in [0.25, 0.3) is 0 Å². The van der Waals surface area contributed by atoms with Gasteiger partial charge in [0.1, 0.15) is 0 Å². The summed E-state index contributed by atoms with van der Waals surface area (Å²) in [6, 6.07) is 8.55. The van der Waals surface area contributed by atoms with Crippen LogP contribution in [-0.4, -0.2) is 31.9 Å². The molecule has 102 valence electrons. The highest BCUT2D eigenvalue weighted by molar-refractivity contribution is 5.52. The third kappa shape index (κ3) is 5.07. The minimum Gasteiger partial charge on any atom is -0.396 e. The lowest BCUT2D eigenvalue weighted by Crippen LogP contribution is -2.22. The van der Waals surface area contributed by atoms with Crippen LogP contribution < -0.4 is 10.2 Å². The number of aliphatic hydroxyl groups is 1. The highest BCUT2D eigenvalue weighted by Gasteiger charge is 2.05. The van der Waals surface area contributed by atoms with Crippen LogP contribution in [0.3, 0.4) is 0 Å². The highest BCUT2D eigenvalue weighted by Crippen LogP contribution is 2.19. The van der Waals surface area contributed by atoms with E-state index in [0.717, 1.165) is 38.9 Å². The molecule has 0 aliphatic heterocycles. The van der Waals surface area contributed by atoms with Crippen LogP contribution in [-0.2, 0) is 6.54 Å². The Morgan fingerprint density at radius 2 is 1.94 bits per heavy atom. The van der Waals surface area contributed by atoms with Crippen molar-refractivity contribution in [3.8, 4) is 0 Å². The molecule has 0 bridgehead atoms. The van der Waals surface area contributed by atoms with Crippen molar-refractivity contribution in [2.75, 3.05) is 31.6 Å². The molecule has 1 rings (SSSR count). The van der Waals surface area contributed by atoms with Crippen LogP contribution in [0.1, 0.15) is 31.7 Å². The molecule has 0 amide bonds. The molecule has 0 unspecified atom stereocenters. The van der Waals surface area contributed by atoms with Crippen molar-refractivity contribution in [2.45, 2.75) is 32.7 Å². The summed E-state index contributed by atoms with van der Waals surface area (Å²) in [6.45, 7) is 5.40. The molecule has 1 aromatic rings. The summed E-state index contributed by atoms with van der Waals surface area (Å²) < 4.78 is 0. The normalized spacial score (nSPS) is 10.6. The molecular formula is C15H26N2O. The van der Waals surface area contributed by atoms with E-state index in [0.29, 0.717) is 6.61 Å². The topological polar surface area (TPSA) is 35.5 Å². The van der Waals surface area contributed by atoms with Gasteiger partial charge in [-0.1, -0.05) is 25.1 Å². The Morgan fingerprint density at radius 1 is 1.17 bits per heavy atom. The summed E-state index contributed by atoms with van der Waals surface area (Å²) >= 11 is 0. The summed E-state index contributed by atoms with van der Waals surface area (Å²) in [5.74, 6) is 0. The Balaban J connectivity index is 2.52. The lowest BCUT2D eigenvalue weighted by atomic mass is 10.1. The Bertz CT molecular complexity index is 328. The zero-order chi connectivity index (χ0) is 13.2. The van der Waals surface area contributed by atoms with Crippen molar-refractivity contribution in [3.05, 3.63) is 29.8 Å². The highest BCUT2D eigenvalue weighted by atomic mass is 16.2. The SMILES string of the molecule is CCNCc1ccccc1N(C)CCCCCO. The molecule has 3 nitrogen and oxygen atoms in total. The van der Waals surface area contributed by atoms with E-state index in [1.165, 1.54) is 11.3 Å². The summed E-state index contributed by atoms with van der Waals surface area (Å²) in [4.78, 5) is 2.31. The Hall–Kier alpha value is -1.06. The fraction of sp³-hybridized carbons (Fsp3) is 0.600. The first-order valence-corrected chi connectivity index (χ1v) is 6.90. The van der Waals surface area contributed by atoms with E-state index in [4.69, 9.17) is 5.11 Å². The Morgan fingerprint density at radius 3 is 2.67 bits per heavy atom. The van der Waals surface area contributed by atoms with Crippen molar-refractivity contribution in [3.63, 3.8) is 0 Å². The molecule has 0 aromatic heterocycles. The van der Waals surface area contributed by atoms with Crippen LogP contribution in [0, 0.1) is 0 Å². The molecular weight excluding hydrogens is 224 g/mol. The third-order valence-corrected chi connectivity index (χ3v) is 3.12. The minimum absolute atomic E-state index is 0.306. The van der Waals surface area contributed by atoms with Crippen LogP contribution in [0.4, 0.5) is 5.69 Å². The van der Waals surface area contributed by atoms with Gasteiger partial charge in [0.25, 0.3) is 0 Å². The van der Waals surface area contributed by atoms with Crippen LogP contribution >= 0.6 is 0 Å². The first-order chi connectivity index (χ1) is 8.79. The number of unbranched alkanes of at least 4 members (excludes halogenated alkanes) is 2. The smallest absolute Gasteiger partial charge is 0.0431 e. The van der Waals surface area contributed by atoms with Gasteiger partial charge in [-0.2, -0.15) is 0 Å². The number of hydrogen-bond donors (Lipinski definition) is 2. The second kappa shape index (κ2) is 8.95. The molecule has 0 aliphatic carbocycles. The molecule has 0 aliphatic rings. The van der Waals surface area contributed by atoms with E-state index in [2.05, 4.69) is 48.5 Å². The van der Waals surface area contributed by atoms with Crippen LogP contribution in [0.2, 0.25) is 0 Å². The number of benzene rings is 1. The fourth-order valence-corrected chi connectivity index (χ4v) is 2.05. The average molecular weight is 250 g/mol. The maximum atomic E-state index is 8.77. The number of hydrogen-bond acceptors (Lipinski definition) is 3. The van der Waals surface area contributed by atoms with E-state index in [9.17, 15) is 0 Å². The Labute approximate surface area is 111 Å². The fourth-order valence-electron chi connectivity index (χ4n) is 2.05. The average Bonchev–Trinajstić information content (AvgIpc) is 2.41. The quantitative estimate of drug-likeness (QED) is 0.661. The molecule has 3 heteroatoms. The van der Waals surface area contributed by atoms with Gasteiger partial charge in [0.15, 0.2) is 0 Å². The summed E-state index contributed by atoms with van der Waals surface area (Å²) in [5.41, 5.74) is 2.66. The van der Waals surface area contributed by atoms with Crippen molar-refractivity contribution in [1.82, 2.24) is 5.32 Å². The van der Waals surface area contributed by atoms with E-state index in [1.54, 1.807) is 0 Å². The van der Waals surface area contributed by atoms with Crippen LogP contribution in [0.5, 0.6) is 0 Å². The van der Waals surface area contributed by atoms with E-state index >= 15 is 0 Å². The molecule has 18 heavy (non-hydrogen) atoms. The summed E-state index contributed by atoms with van der Waals surface area (Å²) in [6.07, 6.45) is 3.13. The number of nitrogens with zero attached hydrogens (tertiary/aromatic N) is 1. The lowest BCUT2D eigenvalue weighted by Gasteiger charge is -2.22. The summed E-state index contributed by atoms with van der Waals surface area (Å²) in [5, 5.41) is 12.1. The first-order valence-electron chi connectivity index (χ1n) is 6.90. The zero-order valence-corrected chi connectivity index (χ0v) is 11.7. The predicted molar refractivity (Wildman–Crippen MR) is 78.0 cm³/mol. The molecule has 0 spiro atoms. The van der Waals surface area contributed by atoms with Crippen molar-refractivity contribution in [2.24, 2.45) is 0 Å². The van der Waals surface area contributed by atoms with Gasteiger partial charge < -0.3 is 15.3 Å². The third-order valence-electron chi connectivity index (χ3n) is 3.12. The summed E-state index contributed by atoms with van der Waals surface area (Å²) in [7, 11) is 2.14. The maximum Gasteiger partial charge on any atom is 0.0431 e. The monoisotopic (exact) mass is 250 g/mol. The molecule has 0 saturated heterocycles. The van der Waals surface area contributed by atoms with Crippen LogP contribution in [0.15, 0.2) is 24.3 Å². The number of para-hydroxylation sites is 1. The van der Waals surface area contributed by atoms with Crippen molar-refractivity contribution in [1.29, 1.82) is 0 Å². The molecule has 1 aromatic carbocycles. The standard InChI is InChI=1S/C15H26N2O/c1-3-16-13-14-9-5-6-10-15(14)17(2)11-7-4-8-12-18/h5-6,9-10,16,18H,3-4,7-8,11-13H2,1-2H3. The maximum absolute atomic E-state index is 8.77. The molecule has 0 saturated carbocycles. The van der Waals surface area contributed by atoms with E-state index < -0.39 is 0 Å². The zero-order valence-electron chi connectivity index (χ0n) is 11.7. The molecule has 0 radical (unpaired) electrons. The largest absolute Gasteiger partial charge is 0.396 e. The number of aliphatic hydroxyl groups excluding tert-OH is 1. The minimum atomic E-state index is 0.306. The van der Waals surface area contributed by atoms with Gasteiger partial charge in [0, 0.05) is 32.4 Å². The molecule has 0 heterocycles. The van der Waals surface area contributed by atoms with Crippen molar-refractivity contribution >= 4 is 5.69 Å². The van der Waals surface area contributed by atoms with E-state index in [1.807, 2.05) is 0 Å². The Kier molecular flexibility index (Phi) is 7.46. The van der Waals surface area contributed by atoms with Gasteiger partial charge in [0.05, 0.1) is 0 Å². The van der Waals surface area contributed by atoms with Gasteiger partial charge in [0.2, 0.25) is 0 Å². The van der Waals surface area contributed by atoms with Gasteiger partial charge in [-0.25, -0.2) is 0 Å². The molecule has 2 N–H and O–H groups in total. The second-order valence-corrected chi connectivity index (χ2v) is 4.61. The second-order valence-electron chi connectivity index (χ2n) is 4.61. The molecule has 0 fully saturated rings. The predicted octanol–water partition coefficient (Wildman–Crippen LogP) is 2.39. The van der Waals surface area contributed by atoms with Gasteiger partial charge in [-0.05, 0) is 37.4 Å². The number of anilines is 1. The van der Waals surface area contributed by atoms with Crippen molar-refractivity contribution < 1.29 is 5.11 Å². The van der Waals surface area contributed by atoms with Gasteiger partial charge in [-0.15, -0.1) is 0 Å². The van der Waals surface area contributed by atoms with Gasteiger partial charge in [-0.3, -0.25) is 0 Å². The number of rotatable bonds is 9. The molecule has 0 atom stereocenters. The lowest BCUT2D eigenvalue weighted by molar-refractivity contribution is 0.283. The number of nitrogens with one attached hydrogen (secondary N) is 1. The van der Waals surface area contributed by atoms with E-state index in [-0.39, 0.29) is 0 Å².